The zero-order valence-electron chi connectivity index (χ0n) is 7.72. The van der Waals surface area contributed by atoms with E-state index >= 15 is 0 Å². The molecule has 0 aliphatic carbocycles. The van der Waals surface area contributed by atoms with Crippen LogP contribution in [0.15, 0.2) is 0 Å². The van der Waals surface area contributed by atoms with Crippen molar-refractivity contribution in [1.29, 1.82) is 0 Å². The first-order valence-electron chi connectivity index (χ1n) is 4.04. The van der Waals surface area contributed by atoms with E-state index in [1.54, 1.807) is 0 Å². The van der Waals surface area contributed by atoms with Gasteiger partial charge in [0.15, 0.2) is 12.2 Å². The lowest BCUT2D eigenvalue weighted by atomic mass is 10.1. The van der Waals surface area contributed by atoms with E-state index in [0.717, 1.165) is 0 Å². The van der Waals surface area contributed by atoms with Crippen LogP contribution >= 0.6 is 7.82 Å². The number of carbonyl (C=O) groups is 2. The van der Waals surface area contributed by atoms with Gasteiger partial charge in [0.1, 0.15) is 6.10 Å². The Labute approximate surface area is 88.8 Å². The van der Waals surface area contributed by atoms with E-state index in [0.29, 0.717) is 0 Å². The Kier molecular flexibility index (Phi) is 3.79. The number of ether oxygens (including phenoxy) is 1. The first-order valence-corrected chi connectivity index (χ1v) is 5.57. The molecule has 0 radical (unpaired) electrons. The zero-order valence-corrected chi connectivity index (χ0v) is 8.61. The third kappa shape index (κ3) is 2.85. The number of phosphoric acid groups is 1. The van der Waals surface area contributed by atoms with Crippen LogP contribution in [0.2, 0.25) is 0 Å². The number of hydrogen-bond acceptors (Lipinski definition) is 7. The predicted molar refractivity (Wildman–Crippen MR) is 44.9 cm³/mol. The summed E-state index contributed by atoms with van der Waals surface area (Å²) in [5, 5.41) is 17.7. The van der Waals surface area contributed by atoms with Crippen molar-refractivity contribution in [3.8, 4) is 0 Å². The summed E-state index contributed by atoms with van der Waals surface area (Å²) in [6.45, 7) is -0.855. The number of phosphoric ester groups is 1. The van der Waals surface area contributed by atoms with Crippen LogP contribution in [-0.4, -0.2) is 56.7 Å². The smallest absolute Gasteiger partial charge is 0.450 e. The highest BCUT2D eigenvalue weighted by molar-refractivity contribution is 7.46. The lowest BCUT2D eigenvalue weighted by Gasteiger charge is -2.20. The van der Waals surface area contributed by atoms with Crippen molar-refractivity contribution in [2.24, 2.45) is 0 Å². The molecule has 0 amide bonds. The molecule has 1 rings (SSSR count). The normalized spacial score (nSPS) is 28.0. The van der Waals surface area contributed by atoms with Crippen LogP contribution < -0.4 is 0 Å². The molecule has 0 saturated carbocycles. The van der Waals surface area contributed by atoms with Crippen LogP contribution in [0.1, 0.15) is 0 Å². The monoisotopic (exact) mass is 256 g/mol. The minimum Gasteiger partial charge on any atom is -0.450 e. The summed E-state index contributed by atoms with van der Waals surface area (Å²) in [5.41, 5.74) is 0. The lowest BCUT2D eigenvalue weighted by molar-refractivity contribution is -0.151. The van der Waals surface area contributed by atoms with E-state index in [1.807, 2.05) is 0 Å². The van der Waals surface area contributed by atoms with E-state index in [1.165, 1.54) is 0 Å². The Bertz CT molecular complexity index is 346. The largest absolute Gasteiger partial charge is 0.470 e. The van der Waals surface area contributed by atoms with Gasteiger partial charge in [0, 0.05) is 0 Å². The molecule has 4 N–H and O–H groups in total. The molecular formula is C6H9O9P. The number of Topliss-reactive ketones (excluding diaryl/α,β-unsaturated/α-hetero) is 1. The van der Waals surface area contributed by atoms with E-state index < -0.39 is 44.5 Å². The molecule has 1 saturated heterocycles. The second-order valence-corrected chi connectivity index (χ2v) is 4.19. The van der Waals surface area contributed by atoms with Crippen LogP contribution in [0, 0.1) is 0 Å². The highest BCUT2D eigenvalue weighted by Crippen LogP contribution is 2.40. The number of esters is 1. The standard InChI is InChI=1S/C6H9O9P/c7-1-2(8)4-5(15-16(11,12)13)3(9)6(10)14-4/h2,4-5,7-8H,1H2,(H2,11,12,13)/t2-,4+,5?/m0/s1. The molecule has 1 aliphatic heterocycles. The molecule has 0 aromatic rings. The minimum atomic E-state index is -5.01. The molecular weight excluding hydrogens is 247 g/mol. The van der Waals surface area contributed by atoms with Crippen LogP contribution in [0.3, 0.4) is 0 Å². The van der Waals surface area contributed by atoms with Gasteiger partial charge in [0.2, 0.25) is 0 Å². The fraction of sp³-hybridized carbons (Fsp3) is 0.667. The average molecular weight is 256 g/mol. The molecule has 92 valence electrons. The predicted octanol–water partition coefficient (Wildman–Crippen LogP) is -2.69. The Morgan fingerprint density at radius 1 is 1.44 bits per heavy atom. The molecule has 1 unspecified atom stereocenters. The molecule has 0 aromatic heterocycles. The summed E-state index contributed by atoms with van der Waals surface area (Å²) in [5.74, 6) is -2.70. The van der Waals surface area contributed by atoms with Crippen molar-refractivity contribution in [1.82, 2.24) is 0 Å². The summed E-state index contributed by atoms with van der Waals surface area (Å²) < 4.78 is 18.8. The van der Waals surface area contributed by atoms with Gasteiger partial charge in [-0.05, 0) is 0 Å². The number of rotatable bonds is 4. The third-order valence-corrected chi connectivity index (χ3v) is 2.32. The maximum absolute atomic E-state index is 11.1. The second kappa shape index (κ2) is 4.58. The maximum Gasteiger partial charge on any atom is 0.470 e. The summed E-state index contributed by atoms with van der Waals surface area (Å²) in [7, 11) is -5.01. The number of aliphatic hydroxyl groups excluding tert-OH is 2. The van der Waals surface area contributed by atoms with Gasteiger partial charge in [-0.3, -0.25) is 9.32 Å². The van der Waals surface area contributed by atoms with Gasteiger partial charge >= 0.3 is 13.8 Å². The molecule has 3 atom stereocenters. The van der Waals surface area contributed by atoms with Gasteiger partial charge in [-0.2, -0.15) is 0 Å². The SMILES string of the molecule is O=C1O[C@H]([C@@H](O)CO)C(OP(=O)(O)O)C1=O. The Balaban J connectivity index is 2.88. The summed E-state index contributed by atoms with van der Waals surface area (Å²) >= 11 is 0. The van der Waals surface area contributed by atoms with Crippen LogP contribution in [0.5, 0.6) is 0 Å². The Hall–Kier alpha value is -0.830. The van der Waals surface area contributed by atoms with Crippen molar-refractivity contribution in [2.45, 2.75) is 18.3 Å². The fourth-order valence-corrected chi connectivity index (χ4v) is 1.66. The molecule has 16 heavy (non-hydrogen) atoms. The molecule has 0 bridgehead atoms. The molecule has 10 heteroatoms. The maximum atomic E-state index is 11.1. The van der Waals surface area contributed by atoms with Gasteiger partial charge in [0.05, 0.1) is 6.61 Å². The Morgan fingerprint density at radius 3 is 2.44 bits per heavy atom. The number of cyclic esters (lactones) is 1. The van der Waals surface area contributed by atoms with Crippen molar-refractivity contribution in [3.05, 3.63) is 0 Å². The molecule has 1 fully saturated rings. The average Bonchev–Trinajstić information content (AvgIpc) is 2.43. The second-order valence-electron chi connectivity index (χ2n) is 3.00. The molecule has 0 spiro atoms. The third-order valence-electron chi connectivity index (χ3n) is 1.82. The van der Waals surface area contributed by atoms with E-state index in [-0.39, 0.29) is 0 Å². The topological polar surface area (TPSA) is 151 Å². The summed E-state index contributed by atoms with van der Waals surface area (Å²) in [4.78, 5) is 38.8. The van der Waals surface area contributed by atoms with Gasteiger partial charge in [-0.1, -0.05) is 0 Å². The first-order chi connectivity index (χ1) is 7.26. The number of aliphatic hydroxyl groups is 2. The van der Waals surface area contributed by atoms with Gasteiger partial charge in [-0.25, -0.2) is 9.36 Å². The van der Waals surface area contributed by atoms with Crippen molar-refractivity contribution < 1.29 is 43.4 Å². The minimum absolute atomic E-state index is 0.855. The quantitative estimate of drug-likeness (QED) is 0.239. The van der Waals surface area contributed by atoms with E-state index in [9.17, 15) is 14.2 Å². The van der Waals surface area contributed by atoms with Crippen LogP contribution in [0.25, 0.3) is 0 Å². The fourth-order valence-electron chi connectivity index (χ4n) is 1.15. The molecule has 1 heterocycles. The number of ketones is 1. The lowest BCUT2D eigenvalue weighted by Crippen LogP contribution is -2.40. The molecule has 9 nitrogen and oxygen atoms in total. The van der Waals surface area contributed by atoms with Crippen molar-refractivity contribution in [2.75, 3.05) is 6.61 Å². The summed E-state index contributed by atoms with van der Waals surface area (Å²) in [6.07, 6.45) is -5.21. The van der Waals surface area contributed by atoms with Crippen LogP contribution in [0.4, 0.5) is 0 Å². The van der Waals surface area contributed by atoms with Gasteiger partial charge < -0.3 is 24.7 Å². The number of carbonyl (C=O) groups excluding carboxylic acids is 2. The van der Waals surface area contributed by atoms with Crippen molar-refractivity contribution >= 4 is 19.6 Å². The van der Waals surface area contributed by atoms with Gasteiger partial charge in [-0.15, -0.1) is 0 Å². The molecule has 0 aromatic carbocycles. The van der Waals surface area contributed by atoms with Gasteiger partial charge in [0.25, 0.3) is 5.78 Å². The zero-order chi connectivity index (χ0) is 12.5. The molecule has 1 aliphatic rings. The van der Waals surface area contributed by atoms with E-state index in [2.05, 4.69) is 9.26 Å². The van der Waals surface area contributed by atoms with Crippen LogP contribution in [-0.2, 0) is 23.4 Å². The van der Waals surface area contributed by atoms with E-state index in [4.69, 9.17) is 20.0 Å². The summed E-state index contributed by atoms with van der Waals surface area (Å²) in [6, 6.07) is 0. The number of hydrogen-bond donors (Lipinski definition) is 4. The highest BCUT2D eigenvalue weighted by atomic mass is 31.2. The first kappa shape index (κ1) is 13.2. The van der Waals surface area contributed by atoms with Crippen molar-refractivity contribution in [3.63, 3.8) is 0 Å². The highest BCUT2D eigenvalue weighted by Gasteiger charge is 2.50. The Morgan fingerprint density at radius 2 is 2.00 bits per heavy atom.